The Kier molecular flexibility index (Phi) is 3.05. The minimum absolute atomic E-state index is 0.0927. The van der Waals surface area contributed by atoms with Crippen LogP contribution < -0.4 is 11.1 Å². The zero-order chi connectivity index (χ0) is 12.5. The second-order valence-electron chi connectivity index (χ2n) is 5.37. The van der Waals surface area contributed by atoms with Crippen molar-refractivity contribution >= 4 is 11.6 Å². The van der Waals surface area contributed by atoms with Gasteiger partial charge in [0.1, 0.15) is 0 Å². The van der Waals surface area contributed by atoms with Crippen LogP contribution in [-0.2, 0) is 0 Å². The number of pyridine rings is 1. The van der Waals surface area contributed by atoms with Crippen LogP contribution in [0.1, 0.15) is 43.5 Å². The molecule has 4 nitrogen and oxygen atoms in total. The summed E-state index contributed by atoms with van der Waals surface area (Å²) in [5.74, 6) is -0.0927. The van der Waals surface area contributed by atoms with Gasteiger partial charge in [0.25, 0.3) is 5.91 Å². The number of aromatic nitrogens is 1. The molecular formula is C13H19N3O. The molecule has 1 aromatic heterocycles. The molecule has 1 fully saturated rings. The summed E-state index contributed by atoms with van der Waals surface area (Å²) in [6, 6.07) is 1.90. The minimum Gasteiger partial charge on any atom is -0.397 e. The van der Waals surface area contributed by atoms with Crippen LogP contribution in [0.5, 0.6) is 0 Å². The Hall–Kier alpha value is -1.58. The summed E-state index contributed by atoms with van der Waals surface area (Å²) in [7, 11) is 0. The fourth-order valence-electron chi connectivity index (χ4n) is 2.44. The lowest BCUT2D eigenvalue weighted by molar-refractivity contribution is 0.0911. The van der Waals surface area contributed by atoms with Crippen LogP contribution in [0.4, 0.5) is 5.69 Å². The highest BCUT2D eigenvalue weighted by Crippen LogP contribution is 2.37. The number of rotatable bonds is 2. The van der Waals surface area contributed by atoms with Crippen molar-refractivity contribution in [1.29, 1.82) is 0 Å². The quantitative estimate of drug-likeness (QED) is 0.820. The van der Waals surface area contributed by atoms with E-state index in [0.717, 1.165) is 12.8 Å². The number of amides is 1. The zero-order valence-electron chi connectivity index (χ0n) is 10.4. The van der Waals surface area contributed by atoms with Gasteiger partial charge in [0.15, 0.2) is 0 Å². The monoisotopic (exact) mass is 233 g/mol. The van der Waals surface area contributed by atoms with Crippen molar-refractivity contribution in [2.45, 2.75) is 39.2 Å². The lowest BCUT2D eigenvalue weighted by Gasteiger charge is -2.27. The van der Waals surface area contributed by atoms with E-state index in [2.05, 4.69) is 24.1 Å². The molecule has 92 valence electrons. The third-order valence-electron chi connectivity index (χ3n) is 3.66. The normalized spacial score (nSPS) is 22.4. The molecule has 1 aromatic rings. The average Bonchev–Trinajstić information content (AvgIpc) is 2.59. The summed E-state index contributed by atoms with van der Waals surface area (Å²) in [4.78, 5) is 16.0. The average molecular weight is 233 g/mol. The summed E-state index contributed by atoms with van der Waals surface area (Å²) >= 11 is 0. The molecule has 0 aliphatic heterocycles. The molecule has 0 spiro atoms. The number of carbonyl (C=O) groups is 1. The Morgan fingerprint density at radius 3 is 2.94 bits per heavy atom. The van der Waals surface area contributed by atoms with Gasteiger partial charge in [0, 0.05) is 12.2 Å². The second-order valence-corrected chi connectivity index (χ2v) is 5.37. The third kappa shape index (κ3) is 2.40. The van der Waals surface area contributed by atoms with Gasteiger partial charge in [-0.15, -0.1) is 0 Å². The maximum absolute atomic E-state index is 12.1. The number of nitrogen functional groups attached to an aromatic ring is 1. The lowest BCUT2D eigenvalue weighted by atomic mass is 9.87. The first-order valence-electron chi connectivity index (χ1n) is 6.01. The summed E-state index contributed by atoms with van der Waals surface area (Å²) in [5, 5.41) is 3.08. The van der Waals surface area contributed by atoms with Crippen LogP contribution in [0.2, 0.25) is 0 Å². The molecule has 1 heterocycles. The molecule has 0 saturated heterocycles. The molecule has 1 unspecified atom stereocenters. The maximum Gasteiger partial charge on any atom is 0.253 e. The van der Waals surface area contributed by atoms with Gasteiger partial charge in [-0.05, 0) is 24.3 Å². The van der Waals surface area contributed by atoms with Gasteiger partial charge in [-0.3, -0.25) is 9.78 Å². The summed E-state index contributed by atoms with van der Waals surface area (Å²) in [6.07, 6.45) is 6.47. The predicted molar refractivity (Wildman–Crippen MR) is 67.5 cm³/mol. The molecule has 1 amide bonds. The first kappa shape index (κ1) is 11.9. The van der Waals surface area contributed by atoms with Gasteiger partial charge in [-0.1, -0.05) is 20.3 Å². The standard InChI is InChI=1S/C13H19N3O/c1-13(2)6-3-4-11(13)16-12(17)9-5-7-15-8-10(9)14/h5,7-8,11H,3-4,6,14H2,1-2H3,(H,16,17). The molecule has 4 heteroatoms. The van der Waals surface area contributed by atoms with Crippen molar-refractivity contribution in [1.82, 2.24) is 10.3 Å². The Morgan fingerprint density at radius 2 is 2.35 bits per heavy atom. The van der Waals surface area contributed by atoms with Crippen LogP contribution >= 0.6 is 0 Å². The van der Waals surface area contributed by atoms with Crippen molar-refractivity contribution in [3.05, 3.63) is 24.0 Å². The third-order valence-corrected chi connectivity index (χ3v) is 3.66. The van der Waals surface area contributed by atoms with Gasteiger partial charge >= 0.3 is 0 Å². The van der Waals surface area contributed by atoms with E-state index in [0.29, 0.717) is 11.3 Å². The van der Waals surface area contributed by atoms with Gasteiger partial charge in [-0.2, -0.15) is 0 Å². The highest BCUT2D eigenvalue weighted by atomic mass is 16.1. The summed E-state index contributed by atoms with van der Waals surface area (Å²) in [5.41, 5.74) is 6.87. The molecule has 1 aliphatic carbocycles. The van der Waals surface area contributed by atoms with E-state index < -0.39 is 0 Å². The van der Waals surface area contributed by atoms with Gasteiger partial charge < -0.3 is 11.1 Å². The topological polar surface area (TPSA) is 68.0 Å². The van der Waals surface area contributed by atoms with Crippen molar-refractivity contribution in [2.75, 3.05) is 5.73 Å². The van der Waals surface area contributed by atoms with Gasteiger partial charge in [0.2, 0.25) is 0 Å². The zero-order valence-corrected chi connectivity index (χ0v) is 10.4. The maximum atomic E-state index is 12.1. The Bertz CT molecular complexity index is 428. The van der Waals surface area contributed by atoms with E-state index in [4.69, 9.17) is 5.73 Å². The number of hydrogen-bond acceptors (Lipinski definition) is 3. The number of hydrogen-bond donors (Lipinski definition) is 2. The van der Waals surface area contributed by atoms with Crippen LogP contribution in [0.15, 0.2) is 18.5 Å². The smallest absolute Gasteiger partial charge is 0.253 e. The Morgan fingerprint density at radius 1 is 1.59 bits per heavy atom. The number of carbonyl (C=O) groups excluding carboxylic acids is 1. The van der Waals surface area contributed by atoms with Gasteiger partial charge in [0.05, 0.1) is 17.4 Å². The lowest BCUT2D eigenvalue weighted by Crippen LogP contribution is -2.41. The number of anilines is 1. The predicted octanol–water partition coefficient (Wildman–Crippen LogP) is 1.97. The fourth-order valence-corrected chi connectivity index (χ4v) is 2.44. The molecule has 2 rings (SSSR count). The Balaban J connectivity index is 2.10. The van der Waals surface area contributed by atoms with Crippen molar-refractivity contribution in [2.24, 2.45) is 5.41 Å². The molecule has 17 heavy (non-hydrogen) atoms. The first-order valence-corrected chi connectivity index (χ1v) is 6.01. The van der Waals surface area contributed by atoms with Crippen molar-refractivity contribution < 1.29 is 4.79 Å². The van der Waals surface area contributed by atoms with Crippen LogP contribution in [-0.4, -0.2) is 16.9 Å². The highest BCUT2D eigenvalue weighted by molar-refractivity contribution is 5.99. The van der Waals surface area contributed by atoms with Crippen LogP contribution in [0, 0.1) is 5.41 Å². The molecule has 0 aromatic carbocycles. The van der Waals surface area contributed by atoms with Crippen molar-refractivity contribution in [3.8, 4) is 0 Å². The fraction of sp³-hybridized carbons (Fsp3) is 0.538. The van der Waals surface area contributed by atoms with E-state index in [-0.39, 0.29) is 17.4 Å². The molecule has 3 N–H and O–H groups in total. The molecule has 1 atom stereocenters. The van der Waals surface area contributed by atoms with Gasteiger partial charge in [-0.25, -0.2) is 0 Å². The SMILES string of the molecule is CC1(C)CCCC1NC(=O)c1ccncc1N. The number of nitrogens with one attached hydrogen (secondary N) is 1. The van der Waals surface area contributed by atoms with E-state index in [9.17, 15) is 4.79 Å². The highest BCUT2D eigenvalue weighted by Gasteiger charge is 2.35. The summed E-state index contributed by atoms with van der Waals surface area (Å²) < 4.78 is 0. The minimum atomic E-state index is -0.0927. The molecule has 0 bridgehead atoms. The second kappa shape index (κ2) is 4.35. The van der Waals surface area contributed by atoms with Crippen molar-refractivity contribution in [3.63, 3.8) is 0 Å². The van der Waals surface area contributed by atoms with Crippen LogP contribution in [0.25, 0.3) is 0 Å². The summed E-state index contributed by atoms with van der Waals surface area (Å²) in [6.45, 7) is 4.39. The Labute approximate surface area is 102 Å². The molecule has 1 saturated carbocycles. The molecular weight excluding hydrogens is 214 g/mol. The number of nitrogens with two attached hydrogens (primary N) is 1. The largest absolute Gasteiger partial charge is 0.397 e. The number of nitrogens with zero attached hydrogens (tertiary/aromatic N) is 1. The molecule has 0 radical (unpaired) electrons. The molecule has 1 aliphatic rings. The van der Waals surface area contributed by atoms with E-state index in [1.54, 1.807) is 12.3 Å². The first-order chi connectivity index (χ1) is 8.00. The van der Waals surface area contributed by atoms with E-state index in [1.165, 1.54) is 12.6 Å². The van der Waals surface area contributed by atoms with E-state index in [1.807, 2.05) is 0 Å². The van der Waals surface area contributed by atoms with Crippen LogP contribution in [0.3, 0.4) is 0 Å². The van der Waals surface area contributed by atoms with E-state index >= 15 is 0 Å².